The Kier molecular flexibility index (Phi) is 14.2. The molecule has 46 heavy (non-hydrogen) atoms. The fourth-order valence-corrected chi connectivity index (χ4v) is 5.64. The summed E-state index contributed by atoms with van der Waals surface area (Å²) in [5, 5.41) is 9.27. The molecule has 4 amide bonds. The van der Waals surface area contributed by atoms with Gasteiger partial charge in [0, 0.05) is 38.6 Å². The number of rotatable bonds is 14. The van der Waals surface area contributed by atoms with E-state index in [1.54, 1.807) is 25.9 Å². The Morgan fingerprint density at radius 2 is 1.57 bits per heavy atom. The maximum atomic E-state index is 14.5. The van der Waals surface area contributed by atoms with E-state index in [9.17, 15) is 14.4 Å². The highest BCUT2D eigenvalue weighted by molar-refractivity contribution is 6.30. The van der Waals surface area contributed by atoms with E-state index in [0.717, 1.165) is 48.2 Å². The van der Waals surface area contributed by atoms with E-state index in [4.69, 9.17) is 16.4 Å². The van der Waals surface area contributed by atoms with Crippen molar-refractivity contribution in [3.8, 4) is 0 Å². The first-order chi connectivity index (χ1) is 22.2. The summed E-state index contributed by atoms with van der Waals surface area (Å²) in [5.41, 5.74) is 2.52. The van der Waals surface area contributed by atoms with Crippen LogP contribution in [0.2, 0.25) is 5.02 Å². The Morgan fingerprint density at radius 1 is 0.935 bits per heavy atom. The summed E-state index contributed by atoms with van der Waals surface area (Å²) in [4.78, 5) is 53.4. The van der Waals surface area contributed by atoms with Crippen molar-refractivity contribution in [1.82, 2.24) is 25.8 Å². The highest BCUT2D eigenvalue weighted by Crippen LogP contribution is 2.38. The minimum absolute atomic E-state index is 0.198. The van der Waals surface area contributed by atoms with Gasteiger partial charge in [-0.1, -0.05) is 91.7 Å². The van der Waals surface area contributed by atoms with Crippen molar-refractivity contribution < 1.29 is 19.2 Å². The SMILES string of the molecule is CCCCNCc1ccc([C@@]2(Cc3ccccc3)C(=O)N(CC(=O)NCCc3ccc(Cl)cc3)[C@@H](C)C(=O)N2C)cc1.CNC=O. The van der Waals surface area contributed by atoms with Crippen molar-refractivity contribution >= 4 is 35.7 Å². The average molecular weight is 648 g/mol. The Morgan fingerprint density at radius 3 is 2.17 bits per heavy atom. The molecule has 0 radical (unpaired) electrons. The molecule has 10 heteroatoms. The number of nitrogens with zero attached hydrogens (tertiary/aromatic N) is 2. The molecule has 9 nitrogen and oxygen atoms in total. The monoisotopic (exact) mass is 647 g/mol. The molecular formula is C36H46ClN5O4. The van der Waals surface area contributed by atoms with E-state index < -0.39 is 11.6 Å². The molecule has 1 aliphatic rings. The third-order valence-electron chi connectivity index (χ3n) is 8.19. The van der Waals surface area contributed by atoms with E-state index in [1.165, 1.54) is 4.90 Å². The first kappa shape index (κ1) is 36.3. The molecular weight excluding hydrogens is 602 g/mol. The topological polar surface area (TPSA) is 111 Å². The van der Waals surface area contributed by atoms with Crippen LogP contribution in [0.25, 0.3) is 0 Å². The molecule has 3 N–H and O–H groups in total. The van der Waals surface area contributed by atoms with Gasteiger partial charge in [0.25, 0.3) is 5.91 Å². The smallest absolute Gasteiger partial charge is 0.254 e. The summed E-state index contributed by atoms with van der Waals surface area (Å²) < 4.78 is 0. The van der Waals surface area contributed by atoms with Crippen LogP contribution in [0, 0.1) is 0 Å². The van der Waals surface area contributed by atoms with E-state index in [2.05, 4.69) is 22.9 Å². The van der Waals surface area contributed by atoms with Crippen LogP contribution in [0.1, 0.15) is 48.9 Å². The van der Waals surface area contributed by atoms with Crippen molar-refractivity contribution in [1.29, 1.82) is 0 Å². The first-order valence-corrected chi connectivity index (χ1v) is 16.1. The highest BCUT2D eigenvalue weighted by Gasteiger charge is 2.55. The largest absolute Gasteiger partial charge is 0.362 e. The lowest BCUT2D eigenvalue weighted by atomic mass is 9.78. The van der Waals surface area contributed by atoms with Crippen LogP contribution in [0.3, 0.4) is 0 Å². The fraction of sp³-hybridized carbons (Fsp3) is 0.389. The Balaban J connectivity index is 0.00000136. The predicted molar refractivity (Wildman–Crippen MR) is 182 cm³/mol. The van der Waals surface area contributed by atoms with Crippen LogP contribution >= 0.6 is 11.6 Å². The van der Waals surface area contributed by atoms with E-state index in [-0.39, 0.29) is 24.3 Å². The summed E-state index contributed by atoms with van der Waals surface area (Å²) >= 11 is 5.97. The van der Waals surface area contributed by atoms with Crippen LogP contribution in [0.4, 0.5) is 0 Å². The van der Waals surface area contributed by atoms with Gasteiger partial charge in [0.1, 0.15) is 12.6 Å². The molecule has 1 aliphatic heterocycles. The minimum Gasteiger partial charge on any atom is -0.362 e. The second-order valence-electron chi connectivity index (χ2n) is 11.4. The summed E-state index contributed by atoms with van der Waals surface area (Å²) in [6, 6.07) is 24.3. The molecule has 3 aromatic rings. The number of halogens is 1. The summed E-state index contributed by atoms with van der Waals surface area (Å²) in [7, 11) is 3.26. The standard InChI is InChI=1S/C34H41ClN4O3.C2H5NO/c1-4-5-20-36-23-28-11-15-29(16-12-28)34(22-27-9-7-6-8-10-27)33(42)39(25(2)32(41)38(34)3)24-31(40)37-21-19-26-13-17-30(35)18-14-26;1-3-2-4/h6-18,25,36H,4-5,19-24H2,1-3H3,(H,37,40);2H,1H3,(H,3,4)/t25-,34-;/m0./s1. The second kappa shape index (κ2) is 18.1. The molecule has 0 bridgehead atoms. The molecule has 0 saturated carbocycles. The van der Waals surface area contributed by atoms with Crippen LogP contribution in [-0.4, -0.2) is 73.7 Å². The molecule has 3 aromatic carbocycles. The summed E-state index contributed by atoms with van der Waals surface area (Å²) in [5.74, 6) is -0.768. The van der Waals surface area contributed by atoms with Crippen LogP contribution in [0.5, 0.6) is 0 Å². The minimum atomic E-state index is -1.29. The third kappa shape index (κ3) is 9.40. The number of carbonyl (C=O) groups excluding carboxylic acids is 4. The fourth-order valence-electron chi connectivity index (χ4n) is 5.51. The Hall–Kier alpha value is -4.21. The molecule has 0 unspecified atom stereocenters. The Labute approximate surface area is 277 Å². The number of piperazine rings is 1. The lowest BCUT2D eigenvalue weighted by Gasteiger charge is -2.50. The predicted octanol–water partition coefficient (Wildman–Crippen LogP) is 4.08. The molecule has 1 heterocycles. The van der Waals surface area contributed by atoms with Crippen molar-refractivity contribution in [3.05, 3.63) is 106 Å². The molecule has 246 valence electrons. The zero-order valence-electron chi connectivity index (χ0n) is 27.2. The summed E-state index contributed by atoms with van der Waals surface area (Å²) in [6.45, 7) is 5.74. The number of nitrogens with one attached hydrogen (secondary N) is 3. The van der Waals surface area contributed by atoms with E-state index in [0.29, 0.717) is 30.8 Å². The van der Waals surface area contributed by atoms with Gasteiger partial charge < -0.3 is 25.8 Å². The van der Waals surface area contributed by atoms with Gasteiger partial charge in [-0.25, -0.2) is 0 Å². The quantitative estimate of drug-likeness (QED) is 0.180. The van der Waals surface area contributed by atoms with Gasteiger partial charge in [-0.15, -0.1) is 0 Å². The van der Waals surface area contributed by atoms with Crippen molar-refractivity contribution in [3.63, 3.8) is 0 Å². The summed E-state index contributed by atoms with van der Waals surface area (Å²) in [6.07, 6.45) is 3.80. The van der Waals surface area contributed by atoms with Gasteiger partial charge in [-0.05, 0) is 60.7 Å². The van der Waals surface area contributed by atoms with Gasteiger partial charge in [-0.2, -0.15) is 0 Å². The maximum absolute atomic E-state index is 14.5. The van der Waals surface area contributed by atoms with Crippen molar-refractivity contribution in [2.24, 2.45) is 0 Å². The number of amides is 4. The van der Waals surface area contributed by atoms with Gasteiger partial charge in [0.15, 0.2) is 5.54 Å². The number of unbranched alkanes of at least 4 members (excludes halogenated alkanes) is 1. The Bertz CT molecular complexity index is 1420. The highest BCUT2D eigenvalue weighted by atomic mass is 35.5. The normalized spacial score (nSPS) is 17.6. The van der Waals surface area contributed by atoms with Crippen molar-refractivity contribution in [2.45, 2.75) is 57.7 Å². The average Bonchev–Trinajstić information content (AvgIpc) is 3.08. The lowest BCUT2D eigenvalue weighted by molar-refractivity contribution is -0.170. The lowest BCUT2D eigenvalue weighted by Crippen LogP contribution is -2.69. The van der Waals surface area contributed by atoms with E-state index in [1.807, 2.05) is 78.9 Å². The van der Waals surface area contributed by atoms with Crippen LogP contribution in [-0.2, 0) is 44.1 Å². The van der Waals surface area contributed by atoms with Gasteiger partial charge in [-0.3, -0.25) is 19.2 Å². The maximum Gasteiger partial charge on any atom is 0.254 e. The molecule has 0 aliphatic carbocycles. The molecule has 0 spiro atoms. The number of hydrogen-bond acceptors (Lipinski definition) is 5. The molecule has 0 aromatic heterocycles. The second-order valence-corrected chi connectivity index (χ2v) is 11.8. The zero-order valence-corrected chi connectivity index (χ0v) is 28.0. The first-order valence-electron chi connectivity index (χ1n) is 15.7. The van der Waals surface area contributed by atoms with Crippen molar-refractivity contribution in [2.75, 3.05) is 33.7 Å². The van der Waals surface area contributed by atoms with Crippen LogP contribution < -0.4 is 16.0 Å². The number of likely N-dealkylation sites (N-methyl/N-ethyl adjacent to an activating group) is 1. The van der Waals surface area contributed by atoms with Gasteiger partial charge >= 0.3 is 0 Å². The van der Waals surface area contributed by atoms with Crippen LogP contribution in [0.15, 0.2) is 78.9 Å². The molecule has 1 fully saturated rings. The number of benzene rings is 3. The van der Waals surface area contributed by atoms with Gasteiger partial charge in [0.2, 0.25) is 18.2 Å². The molecule has 1 saturated heterocycles. The number of carbonyl (C=O) groups is 4. The van der Waals surface area contributed by atoms with E-state index >= 15 is 0 Å². The third-order valence-corrected chi connectivity index (χ3v) is 8.45. The molecule has 2 atom stereocenters. The number of hydrogen-bond donors (Lipinski definition) is 3. The molecule has 4 rings (SSSR count). The zero-order chi connectivity index (χ0) is 33.5. The van der Waals surface area contributed by atoms with Gasteiger partial charge in [0.05, 0.1) is 0 Å².